The zero-order chi connectivity index (χ0) is 12.3. The van der Waals surface area contributed by atoms with Gasteiger partial charge < -0.3 is 16.4 Å². The summed E-state index contributed by atoms with van der Waals surface area (Å²) in [6.45, 7) is 0. The van der Waals surface area contributed by atoms with Gasteiger partial charge in [-0.05, 0) is 31.0 Å². The molecule has 1 aromatic carbocycles. The number of hydrogen-bond acceptors (Lipinski definition) is 2. The monoisotopic (exact) mass is 253 g/mol. The Kier molecular flexibility index (Phi) is 3.74. The molecular formula is C12H16ClN3O. The fourth-order valence-electron chi connectivity index (χ4n) is 2.06. The lowest BCUT2D eigenvalue weighted by Crippen LogP contribution is -2.36. The number of carbonyl (C=O) groups is 1. The molecule has 2 amide bonds. The molecule has 0 aromatic heterocycles. The normalized spacial score (nSPS) is 15.8. The number of amides is 2. The average Bonchev–Trinajstić information content (AvgIpc) is 2.75. The minimum absolute atomic E-state index is 0.203. The third kappa shape index (κ3) is 3.27. The Balaban J connectivity index is 1.93. The van der Waals surface area contributed by atoms with Crippen LogP contribution in [0.1, 0.15) is 25.7 Å². The molecule has 4 nitrogen and oxygen atoms in total. The lowest BCUT2D eigenvalue weighted by Gasteiger charge is -2.14. The second kappa shape index (κ2) is 5.27. The Hall–Kier alpha value is -1.42. The van der Waals surface area contributed by atoms with Gasteiger partial charge in [0.05, 0.1) is 11.4 Å². The maximum Gasteiger partial charge on any atom is 0.319 e. The lowest BCUT2D eigenvalue weighted by molar-refractivity contribution is 0.248. The van der Waals surface area contributed by atoms with Crippen LogP contribution in [0.5, 0.6) is 0 Å². The number of urea groups is 1. The van der Waals surface area contributed by atoms with E-state index in [9.17, 15) is 4.79 Å². The molecule has 0 heterocycles. The van der Waals surface area contributed by atoms with Crippen molar-refractivity contribution in [2.45, 2.75) is 31.7 Å². The van der Waals surface area contributed by atoms with E-state index >= 15 is 0 Å². The maximum atomic E-state index is 11.7. The summed E-state index contributed by atoms with van der Waals surface area (Å²) >= 11 is 5.78. The Bertz CT molecular complexity index is 416. The van der Waals surface area contributed by atoms with E-state index in [-0.39, 0.29) is 6.03 Å². The van der Waals surface area contributed by atoms with Crippen LogP contribution >= 0.6 is 11.6 Å². The van der Waals surface area contributed by atoms with E-state index in [1.165, 1.54) is 12.8 Å². The van der Waals surface area contributed by atoms with Crippen molar-refractivity contribution in [2.75, 3.05) is 11.1 Å². The van der Waals surface area contributed by atoms with Gasteiger partial charge in [0.1, 0.15) is 0 Å². The highest BCUT2D eigenvalue weighted by Gasteiger charge is 2.17. The number of nitrogens with two attached hydrogens (primary N) is 1. The van der Waals surface area contributed by atoms with Crippen LogP contribution in [-0.2, 0) is 0 Å². The van der Waals surface area contributed by atoms with Crippen LogP contribution in [0.4, 0.5) is 16.2 Å². The molecule has 1 aromatic rings. The van der Waals surface area contributed by atoms with Gasteiger partial charge in [-0.2, -0.15) is 0 Å². The van der Waals surface area contributed by atoms with Crippen LogP contribution in [0.2, 0.25) is 5.02 Å². The summed E-state index contributed by atoms with van der Waals surface area (Å²) in [6.07, 6.45) is 4.50. The number of hydrogen-bond donors (Lipinski definition) is 3. The Morgan fingerprint density at radius 3 is 2.71 bits per heavy atom. The summed E-state index contributed by atoms with van der Waals surface area (Å²) in [7, 11) is 0. The standard InChI is InChI=1S/C12H16ClN3O/c13-8-5-6-11(10(14)7-8)16-12(17)15-9-3-1-2-4-9/h5-7,9H,1-4,14H2,(H2,15,16,17). The van der Waals surface area contributed by atoms with Gasteiger partial charge in [0, 0.05) is 11.1 Å². The predicted molar refractivity (Wildman–Crippen MR) is 70.3 cm³/mol. The number of nitrogens with one attached hydrogen (secondary N) is 2. The Labute approximate surface area is 106 Å². The molecule has 2 rings (SSSR count). The van der Waals surface area contributed by atoms with E-state index in [1.807, 2.05) is 0 Å². The summed E-state index contributed by atoms with van der Waals surface area (Å²) in [5.41, 5.74) is 6.81. The van der Waals surface area contributed by atoms with Crippen LogP contribution in [0.15, 0.2) is 18.2 Å². The Morgan fingerprint density at radius 1 is 1.35 bits per heavy atom. The molecule has 1 aliphatic rings. The highest BCUT2D eigenvalue weighted by molar-refractivity contribution is 6.31. The van der Waals surface area contributed by atoms with Crippen molar-refractivity contribution >= 4 is 29.0 Å². The first-order valence-electron chi connectivity index (χ1n) is 5.77. The largest absolute Gasteiger partial charge is 0.397 e. The van der Waals surface area contributed by atoms with E-state index in [0.29, 0.717) is 22.4 Å². The molecule has 0 bridgehead atoms. The van der Waals surface area contributed by atoms with Gasteiger partial charge in [0.15, 0.2) is 0 Å². The third-order valence-electron chi connectivity index (χ3n) is 2.95. The van der Waals surface area contributed by atoms with Gasteiger partial charge in [-0.15, -0.1) is 0 Å². The van der Waals surface area contributed by atoms with Crippen LogP contribution in [0.25, 0.3) is 0 Å². The summed E-state index contributed by atoms with van der Waals surface area (Å²) < 4.78 is 0. The smallest absolute Gasteiger partial charge is 0.319 e. The SMILES string of the molecule is Nc1cc(Cl)ccc1NC(=O)NC1CCCC1. The van der Waals surface area contributed by atoms with E-state index in [2.05, 4.69) is 10.6 Å². The molecule has 1 fully saturated rings. The second-order valence-electron chi connectivity index (χ2n) is 4.31. The molecule has 0 saturated heterocycles. The summed E-state index contributed by atoms with van der Waals surface area (Å²) in [6, 6.07) is 5.11. The molecule has 0 spiro atoms. The van der Waals surface area contributed by atoms with Crippen molar-refractivity contribution in [1.29, 1.82) is 0 Å². The van der Waals surface area contributed by atoms with Gasteiger partial charge in [0.2, 0.25) is 0 Å². The lowest BCUT2D eigenvalue weighted by atomic mass is 10.2. The highest BCUT2D eigenvalue weighted by atomic mass is 35.5. The van der Waals surface area contributed by atoms with E-state index in [4.69, 9.17) is 17.3 Å². The summed E-state index contributed by atoms with van der Waals surface area (Å²) in [5, 5.41) is 6.22. The van der Waals surface area contributed by atoms with Crippen LogP contribution in [0.3, 0.4) is 0 Å². The van der Waals surface area contributed by atoms with Crippen molar-refractivity contribution < 1.29 is 4.79 Å². The molecule has 5 heteroatoms. The van der Waals surface area contributed by atoms with E-state index in [0.717, 1.165) is 12.8 Å². The van der Waals surface area contributed by atoms with E-state index < -0.39 is 0 Å². The molecule has 92 valence electrons. The highest BCUT2D eigenvalue weighted by Crippen LogP contribution is 2.23. The predicted octanol–water partition coefficient (Wildman–Crippen LogP) is 2.99. The molecule has 17 heavy (non-hydrogen) atoms. The van der Waals surface area contributed by atoms with Crippen LogP contribution in [-0.4, -0.2) is 12.1 Å². The van der Waals surface area contributed by atoms with Crippen molar-refractivity contribution in [3.63, 3.8) is 0 Å². The minimum Gasteiger partial charge on any atom is -0.397 e. The molecule has 1 aliphatic carbocycles. The van der Waals surface area contributed by atoms with Crippen molar-refractivity contribution in [2.24, 2.45) is 0 Å². The number of nitrogen functional groups attached to an aromatic ring is 1. The topological polar surface area (TPSA) is 67.1 Å². The number of halogens is 1. The second-order valence-corrected chi connectivity index (χ2v) is 4.75. The Morgan fingerprint density at radius 2 is 2.06 bits per heavy atom. The summed E-state index contributed by atoms with van der Waals surface area (Å²) in [5.74, 6) is 0. The fourth-order valence-corrected chi connectivity index (χ4v) is 2.24. The van der Waals surface area contributed by atoms with Crippen LogP contribution < -0.4 is 16.4 Å². The van der Waals surface area contributed by atoms with Gasteiger partial charge in [-0.1, -0.05) is 24.4 Å². The zero-order valence-corrected chi connectivity index (χ0v) is 10.3. The molecule has 0 radical (unpaired) electrons. The van der Waals surface area contributed by atoms with Gasteiger partial charge in [-0.3, -0.25) is 0 Å². The maximum absolute atomic E-state index is 11.7. The fraction of sp³-hybridized carbons (Fsp3) is 0.417. The first kappa shape index (κ1) is 12.0. The third-order valence-corrected chi connectivity index (χ3v) is 3.19. The molecule has 0 aliphatic heterocycles. The molecule has 4 N–H and O–H groups in total. The van der Waals surface area contributed by atoms with Gasteiger partial charge >= 0.3 is 6.03 Å². The van der Waals surface area contributed by atoms with Crippen molar-refractivity contribution in [3.05, 3.63) is 23.2 Å². The summed E-state index contributed by atoms with van der Waals surface area (Å²) in [4.78, 5) is 11.7. The zero-order valence-electron chi connectivity index (χ0n) is 9.50. The quantitative estimate of drug-likeness (QED) is 0.710. The number of rotatable bonds is 2. The minimum atomic E-state index is -0.203. The number of benzene rings is 1. The molecule has 1 saturated carbocycles. The first-order valence-corrected chi connectivity index (χ1v) is 6.15. The van der Waals surface area contributed by atoms with E-state index in [1.54, 1.807) is 18.2 Å². The van der Waals surface area contributed by atoms with Gasteiger partial charge in [0.25, 0.3) is 0 Å². The molecular weight excluding hydrogens is 238 g/mol. The molecule has 0 atom stereocenters. The average molecular weight is 254 g/mol. The van der Waals surface area contributed by atoms with Crippen LogP contribution in [0, 0.1) is 0 Å². The van der Waals surface area contributed by atoms with Crippen molar-refractivity contribution in [1.82, 2.24) is 5.32 Å². The number of anilines is 2. The molecule has 0 unspecified atom stereocenters. The first-order chi connectivity index (χ1) is 8.15. The number of carbonyl (C=O) groups excluding carboxylic acids is 1. The van der Waals surface area contributed by atoms with Crippen molar-refractivity contribution in [3.8, 4) is 0 Å². The van der Waals surface area contributed by atoms with Gasteiger partial charge in [-0.25, -0.2) is 4.79 Å².